The van der Waals surface area contributed by atoms with E-state index in [0.29, 0.717) is 12.1 Å². The summed E-state index contributed by atoms with van der Waals surface area (Å²) in [7, 11) is 0. The van der Waals surface area contributed by atoms with Gasteiger partial charge >= 0.3 is 0 Å². The maximum atomic E-state index is 12.0. The largest absolute Gasteiger partial charge is 0.397 e. The van der Waals surface area contributed by atoms with Gasteiger partial charge in [-0.15, -0.1) is 12.4 Å². The van der Waals surface area contributed by atoms with Gasteiger partial charge in [-0.05, 0) is 30.9 Å². The van der Waals surface area contributed by atoms with Crippen molar-refractivity contribution in [2.45, 2.75) is 26.2 Å². The molecule has 0 radical (unpaired) electrons. The van der Waals surface area contributed by atoms with E-state index in [4.69, 9.17) is 5.73 Å². The van der Waals surface area contributed by atoms with Gasteiger partial charge in [0.15, 0.2) is 0 Å². The number of amides is 1. The van der Waals surface area contributed by atoms with Gasteiger partial charge in [-0.2, -0.15) is 0 Å². The van der Waals surface area contributed by atoms with Crippen LogP contribution in [-0.4, -0.2) is 28.9 Å². The van der Waals surface area contributed by atoms with Crippen LogP contribution in [0.2, 0.25) is 0 Å². The summed E-state index contributed by atoms with van der Waals surface area (Å²) in [6.45, 7) is 4.01. The Hall–Kier alpha value is -1.29. The molecule has 0 unspecified atom stereocenters. The number of aromatic nitrogens is 1. The van der Waals surface area contributed by atoms with E-state index in [0.717, 1.165) is 37.5 Å². The van der Waals surface area contributed by atoms with E-state index in [9.17, 15) is 4.79 Å². The first-order valence-corrected chi connectivity index (χ1v) is 6.13. The number of rotatable bonds is 2. The number of carbonyl (C=O) groups excluding carboxylic acids is 1. The van der Waals surface area contributed by atoms with Crippen LogP contribution in [0.15, 0.2) is 18.3 Å². The Kier molecular flexibility index (Phi) is 5.41. The Morgan fingerprint density at radius 2 is 2.11 bits per heavy atom. The molecule has 0 spiro atoms. The molecule has 0 bridgehead atoms. The van der Waals surface area contributed by atoms with Crippen molar-refractivity contribution in [1.82, 2.24) is 9.88 Å². The summed E-state index contributed by atoms with van der Waals surface area (Å²) in [5.41, 5.74) is 6.98. The van der Waals surface area contributed by atoms with E-state index in [1.807, 2.05) is 11.0 Å². The molecule has 1 aliphatic heterocycles. The first kappa shape index (κ1) is 14.8. The van der Waals surface area contributed by atoms with Crippen LogP contribution in [0.25, 0.3) is 0 Å². The zero-order valence-corrected chi connectivity index (χ0v) is 11.4. The molecule has 0 aromatic carbocycles. The fraction of sp³-hybridized carbons (Fsp3) is 0.538. The average molecular weight is 270 g/mol. The number of nitrogens with two attached hydrogens (primary N) is 1. The Bertz CT molecular complexity index is 386. The van der Waals surface area contributed by atoms with Crippen molar-refractivity contribution >= 4 is 24.0 Å². The molecular formula is C13H20ClN3O. The predicted octanol–water partition coefficient (Wildman–Crippen LogP) is 1.89. The normalized spacial score (nSPS) is 16.2. The Labute approximate surface area is 114 Å². The smallest absolute Gasteiger partial charge is 0.228 e. The summed E-state index contributed by atoms with van der Waals surface area (Å²) in [6.07, 6.45) is 4.21. The van der Waals surface area contributed by atoms with Crippen molar-refractivity contribution in [3.63, 3.8) is 0 Å². The highest BCUT2D eigenvalue weighted by Crippen LogP contribution is 2.16. The lowest BCUT2D eigenvalue weighted by Gasteiger charge is -2.30. The van der Waals surface area contributed by atoms with Crippen LogP contribution in [0.5, 0.6) is 0 Å². The number of anilines is 1. The molecule has 2 rings (SSSR count). The zero-order chi connectivity index (χ0) is 12.3. The first-order valence-electron chi connectivity index (χ1n) is 6.13. The highest BCUT2D eigenvalue weighted by Gasteiger charge is 2.20. The molecule has 0 atom stereocenters. The van der Waals surface area contributed by atoms with Gasteiger partial charge in [0.05, 0.1) is 18.3 Å². The van der Waals surface area contributed by atoms with E-state index >= 15 is 0 Å². The molecule has 5 heteroatoms. The summed E-state index contributed by atoms with van der Waals surface area (Å²) in [5.74, 6) is 0.919. The van der Waals surface area contributed by atoms with Crippen molar-refractivity contribution < 1.29 is 4.79 Å². The van der Waals surface area contributed by atoms with Gasteiger partial charge in [0.1, 0.15) is 0 Å². The van der Waals surface area contributed by atoms with Crippen molar-refractivity contribution in [3.8, 4) is 0 Å². The molecule has 2 N–H and O–H groups in total. The number of pyridine rings is 1. The van der Waals surface area contributed by atoms with Crippen LogP contribution in [0, 0.1) is 5.92 Å². The monoisotopic (exact) mass is 269 g/mol. The quantitative estimate of drug-likeness (QED) is 0.892. The maximum Gasteiger partial charge on any atom is 0.228 e. The van der Waals surface area contributed by atoms with Crippen molar-refractivity contribution in [1.29, 1.82) is 0 Å². The van der Waals surface area contributed by atoms with Crippen molar-refractivity contribution in [2.75, 3.05) is 18.8 Å². The minimum absolute atomic E-state index is 0. The van der Waals surface area contributed by atoms with Crippen LogP contribution in [-0.2, 0) is 11.2 Å². The lowest BCUT2D eigenvalue weighted by Crippen LogP contribution is -2.38. The second kappa shape index (κ2) is 6.59. The molecule has 1 aromatic heterocycles. The van der Waals surface area contributed by atoms with Crippen LogP contribution in [0.3, 0.4) is 0 Å². The number of halogens is 1. The zero-order valence-electron chi connectivity index (χ0n) is 10.6. The highest BCUT2D eigenvalue weighted by molar-refractivity contribution is 5.85. The number of likely N-dealkylation sites (tertiary alicyclic amines) is 1. The van der Waals surface area contributed by atoms with Gasteiger partial charge in [0.2, 0.25) is 5.91 Å². The average Bonchev–Trinajstić information content (AvgIpc) is 2.33. The molecule has 1 aromatic rings. The minimum Gasteiger partial charge on any atom is -0.397 e. The highest BCUT2D eigenvalue weighted by atomic mass is 35.5. The molecule has 1 aliphatic rings. The van der Waals surface area contributed by atoms with Gasteiger partial charge in [-0.3, -0.25) is 9.78 Å². The van der Waals surface area contributed by atoms with Crippen LogP contribution in [0.1, 0.15) is 25.5 Å². The second-order valence-corrected chi connectivity index (χ2v) is 4.82. The molecule has 18 heavy (non-hydrogen) atoms. The van der Waals surface area contributed by atoms with Crippen LogP contribution >= 0.6 is 12.4 Å². The third-order valence-electron chi connectivity index (χ3n) is 3.32. The molecule has 4 nitrogen and oxygen atoms in total. The molecule has 1 saturated heterocycles. The fourth-order valence-corrected chi connectivity index (χ4v) is 2.07. The van der Waals surface area contributed by atoms with Crippen molar-refractivity contribution in [3.05, 3.63) is 24.0 Å². The van der Waals surface area contributed by atoms with Gasteiger partial charge in [-0.1, -0.05) is 6.92 Å². The van der Waals surface area contributed by atoms with E-state index in [1.54, 1.807) is 12.3 Å². The number of carbonyl (C=O) groups is 1. The van der Waals surface area contributed by atoms with Gasteiger partial charge in [-0.25, -0.2) is 0 Å². The lowest BCUT2D eigenvalue weighted by molar-refractivity contribution is -0.131. The topological polar surface area (TPSA) is 59.2 Å². The standard InChI is InChI=1S/C13H19N3O.ClH/c1-10-4-6-16(7-5-10)13(17)8-12-3-2-11(14)9-15-12;/h2-3,9-10H,4-8,14H2,1H3;1H. The van der Waals surface area contributed by atoms with Crippen molar-refractivity contribution in [2.24, 2.45) is 5.92 Å². The maximum absolute atomic E-state index is 12.0. The molecule has 0 saturated carbocycles. The van der Waals surface area contributed by atoms with Crippen LogP contribution < -0.4 is 5.73 Å². The SMILES string of the molecule is CC1CCN(C(=O)Cc2ccc(N)cn2)CC1.Cl. The predicted molar refractivity (Wildman–Crippen MR) is 74.6 cm³/mol. The summed E-state index contributed by atoms with van der Waals surface area (Å²) < 4.78 is 0. The molecule has 1 amide bonds. The Balaban J connectivity index is 0.00000162. The Morgan fingerprint density at radius 1 is 1.44 bits per heavy atom. The minimum atomic E-state index is 0. The summed E-state index contributed by atoms with van der Waals surface area (Å²) in [5, 5.41) is 0. The molecular weight excluding hydrogens is 250 g/mol. The fourth-order valence-electron chi connectivity index (χ4n) is 2.07. The second-order valence-electron chi connectivity index (χ2n) is 4.82. The molecule has 2 heterocycles. The molecule has 1 fully saturated rings. The molecule has 0 aliphatic carbocycles. The first-order chi connectivity index (χ1) is 8.15. The summed E-state index contributed by atoms with van der Waals surface area (Å²) >= 11 is 0. The Morgan fingerprint density at radius 3 is 2.67 bits per heavy atom. The number of nitrogens with zero attached hydrogens (tertiary/aromatic N) is 2. The van der Waals surface area contributed by atoms with E-state index in [2.05, 4.69) is 11.9 Å². The third-order valence-corrected chi connectivity index (χ3v) is 3.32. The molecule has 100 valence electrons. The third kappa shape index (κ3) is 3.88. The van der Waals surface area contributed by atoms with Crippen LogP contribution in [0.4, 0.5) is 5.69 Å². The number of piperidine rings is 1. The number of hydrogen-bond acceptors (Lipinski definition) is 3. The summed E-state index contributed by atoms with van der Waals surface area (Å²) in [4.78, 5) is 18.1. The van der Waals surface area contributed by atoms with Gasteiger partial charge in [0, 0.05) is 18.8 Å². The number of hydrogen-bond donors (Lipinski definition) is 1. The van der Waals surface area contributed by atoms with E-state index in [-0.39, 0.29) is 18.3 Å². The van der Waals surface area contributed by atoms with E-state index in [1.165, 1.54) is 0 Å². The number of nitrogen functional groups attached to an aromatic ring is 1. The lowest BCUT2D eigenvalue weighted by atomic mass is 9.99. The van der Waals surface area contributed by atoms with E-state index < -0.39 is 0 Å². The summed E-state index contributed by atoms with van der Waals surface area (Å²) in [6, 6.07) is 3.60. The van der Waals surface area contributed by atoms with Gasteiger partial charge < -0.3 is 10.6 Å². The van der Waals surface area contributed by atoms with Gasteiger partial charge in [0.25, 0.3) is 0 Å².